The van der Waals surface area contributed by atoms with Crippen molar-refractivity contribution in [2.75, 3.05) is 18.6 Å². The smallest absolute Gasteiger partial charge is 0.340 e. The van der Waals surface area contributed by atoms with E-state index in [1.54, 1.807) is 49.4 Å². The summed E-state index contributed by atoms with van der Waals surface area (Å²) in [6, 6.07) is 13.8. The predicted molar refractivity (Wildman–Crippen MR) is 131 cm³/mol. The first-order chi connectivity index (χ1) is 16.8. The fourth-order valence-corrected chi connectivity index (χ4v) is 4.52. The molecular formula is C28H27NO6. The number of carbonyl (C=O) groups excluding carboxylic acids is 4. The summed E-state index contributed by atoms with van der Waals surface area (Å²) < 4.78 is 10.2. The van der Waals surface area contributed by atoms with Crippen molar-refractivity contribution in [3.05, 3.63) is 76.3 Å². The van der Waals surface area contributed by atoms with Gasteiger partial charge in [0.2, 0.25) is 0 Å². The van der Waals surface area contributed by atoms with Gasteiger partial charge in [-0.3, -0.25) is 14.4 Å². The van der Waals surface area contributed by atoms with Gasteiger partial charge < -0.3 is 9.47 Å². The Kier molecular flexibility index (Phi) is 6.69. The van der Waals surface area contributed by atoms with E-state index in [-0.39, 0.29) is 36.2 Å². The first-order valence-electron chi connectivity index (χ1n) is 11.6. The van der Waals surface area contributed by atoms with E-state index in [1.807, 2.05) is 19.9 Å². The maximum Gasteiger partial charge on any atom is 0.340 e. The van der Waals surface area contributed by atoms with E-state index in [0.29, 0.717) is 34.2 Å². The predicted octanol–water partition coefficient (Wildman–Crippen LogP) is 4.68. The summed E-state index contributed by atoms with van der Waals surface area (Å²) in [7, 11) is 1.33. The summed E-state index contributed by atoms with van der Waals surface area (Å²) in [6.45, 7) is 5.90. The Balaban J connectivity index is 2.00. The number of amides is 2. The van der Waals surface area contributed by atoms with Gasteiger partial charge in [0.25, 0.3) is 11.8 Å². The van der Waals surface area contributed by atoms with E-state index >= 15 is 0 Å². The molecule has 0 unspecified atom stereocenters. The molecule has 1 aromatic rings. The van der Waals surface area contributed by atoms with Crippen molar-refractivity contribution in [2.45, 2.75) is 33.6 Å². The summed E-state index contributed by atoms with van der Waals surface area (Å²) in [4.78, 5) is 53.1. The monoisotopic (exact) mass is 473 g/mol. The van der Waals surface area contributed by atoms with Crippen LogP contribution in [0, 0.1) is 5.92 Å². The van der Waals surface area contributed by atoms with Gasteiger partial charge in [0.1, 0.15) is 0 Å². The Bertz CT molecular complexity index is 1270. The second-order valence-corrected chi connectivity index (χ2v) is 8.83. The lowest BCUT2D eigenvalue weighted by Crippen LogP contribution is -2.31. The molecule has 1 aromatic carbocycles. The normalized spacial score (nSPS) is 12.9. The third-order valence-electron chi connectivity index (χ3n) is 6.02. The van der Waals surface area contributed by atoms with E-state index in [2.05, 4.69) is 0 Å². The van der Waals surface area contributed by atoms with Crippen molar-refractivity contribution >= 4 is 29.4 Å². The summed E-state index contributed by atoms with van der Waals surface area (Å²) in [5, 5.41) is 0. The average Bonchev–Trinajstić information content (AvgIpc) is 3.14. The molecule has 0 atom stereocenters. The van der Waals surface area contributed by atoms with Gasteiger partial charge >= 0.3 is 11.9 Å². The van der Waals surface area contributed by atoms with Gasteiger partial charge in [-0.15, -0.1) is 0 Å². The van der Waals surface area contributed by atoms with Crippen molar-refractivity contribution in [3.8, 4) is 11.1 Å². The van der Waals surface area contributed by atoms with Gasteiger partial charge in [0, 0.05) is 0 Å². The number of nitrogens with zero attached hydrogens (tertiary/aromatic N) is 1. The summed E-state index contributed by atoms with van der Waals surface area (Å²) in [5.74, 6) is -1.75. The number of carbonyl (C=O) groups is 4. The zero-order valence-corrected chi connectivity index (χ0v) is 20.2. The number of esters is 2. The van der Waals surface area contributed by atoms with Gasteiger partial charge in [0.05, 0.1) is 42.5 Å². The van der Waals surface area contributed by atoms with Crippen LogP contribution in [0.2, 0.25) is 0 Å². The SMILES string of the molecule is CCOC(=O)c1c2ccc(CC(=O)OC)ccc-2c(CC(C)C)c1N1C(=O)c2ccccc2C1=O. The molecule has 1 heterocycles. The second kappa shape index (κ2) is 9.70. The average molecular weight is 474 g/mol. The lowest BCUT2D eigenvalue weighted by atomic mass is 9.99. The number of imide groups is 1. The first-order valence-corrected chi connectivity index (χ1v) is 11.6. The molecule has 7 nitrogen and oxygen atoms in total. The standard InChI is InChI=1S/C28H27NO6/c1-5-35-28(33)24-19-13-11-17(15-23(30)34-4)10-12-18(19)22(14-16(2)3)25(24)29-26(31)20-8-6-7-9-21(20)27(29)32/h6-13,16H,5,14-15H2,1-4H3. The Morgan fingerprint density at radius 3 is 2.03 bits per heavy atom. The molecule has 0 N–H and O–H groups in total. The molecule has 180 valence electrons. The van der Waals surface area contributed by atoms with E-state index in [1.165, 1.54) is 7.11 Å². The highest BCUT2D eigenvalue weighted by atomic mass is 16.5. The molecule has 2 amide bonds. The van der Waals surface area contributed by atoms with Crippen LogP contribution in [0.5, 0.6) is 0 Å². The molecule has 3 aliphatic rings. The molecule has 0 saturated carbocycles. The molecular weight excluding hydrogens is 446 g/mol. The van der Waals surface area contributed by atoms with E-state index in [9.17, 15) is 19.2 Å². The van der Waals surface area contributed by atoms with Crippen LogP contribution in [0.3, 0.4) is 0 Å². The first kappa shape index (κ1) is 24.1. The van der Waals surface area contributed by atoms with Crippen molar-refractivity contribution in [1.29, 1.82) is 0 Å². The highest BCUT2D eigenvalue weighted by molar-refractivity contribution is 6.36. The molecule has 35 heavy (non-hydrogen) atoms. The van der Waals surface area contributed by atoms with Gasteiger partial charge in [-0.25, -0.2) is 9.69 Å². The summed E-state index contributed by atoms with van der Waals surface area (Å²) in [6.07, 6.45) is 0.599. The van der Waals surface area contributed by atoms with Crippen LogP contribution in [0.25, 0.3) is 11.1 Å². The Hall–Kier alpha value is -4.00. The third-order valence-corrected chi connectivity index (χ3v) is 6.02. The summed E-state index contributed by atoms with van der Waals surface area (Å²) in [5.41, 5.74) is 3.77. The Labute approximate surface area is 204 Å². The van der Waals surface area contributed by atoms with Crippen molar-refractivity contribution in [3.63, 3.8) is 0 Å². The molecule has 0 spiro atoms. The van der Waals surface area contributed by atoms with Crippen molar-refractivity contribution < 1.29 is 28.7 Å². The van der Waals surface area contributed by atoms with Crippen LogP contribution in [0.1, 0.15) is 63.0 Å². The van der Waals surface area contributed by atoms with Crippen molar-refractivity contribution in [2.24, 2.45) is 5.92 Å². The number of ether oxygens (including phenoxy) is 2. The fourth-order valence-electron chi connectivity index (χ4n) is 4.52. The minimum atomic E-state index is -0.611. The maximum absolute atomic E-state index is 13.4. The maximum atomic E-state index is 13.4. The van der Waals surface area contributed by atoms with Gasteiger partial charge in [0.15, 0.2) is 0 Å². The number of fused-ring (bicyclic) bond motifs is 2. The molecule has 0 aromatic heterocycles. The van der Waals surface area contributed by atoms with Gasteiger partial charge in [-0.05, 0) is 53.6 Å². The zero-order chi connectivity index (χ0) is 25.3. The summed E-state index contributed by atoms with van der Waals surface area (Å²) >= 11 is 0. The minimum Gasteiger partial charge on any atom is -0.469 e. The molecule has 1 aliphatic heterocycles. The molecule has 0 bridgehead atoms. The number of anilines is 1. The van der Waals surface area contributed by atoms with Crippen LogP contribution in [0.4, 0.5) is 5.69 Å². The minimum absolute atomic E-state index is 0.0767. The molecule has 2 aliphatic carbocycles. The lowest BCUT2D eigenvalue weighted by Gasteiger charge is -2.18. The van der Waals surface area contributed by atoms with Crippen molar-refractivity contribution in [1.82, 2.24) is 0 Å². The number of benzene rings is 1. The van der Waals surface area contributed by atoms with Crippen LogP contribution < -0.4 is 4.90 Å². The number of hydrogen-bond donors (Lipinski definition) is 0. The van der Waals surface area contributed by atoms with Gasteiger partial charge in [-0.2, -0.15) is 0 Å². The third kappa shape index (κ3) is 4.30. The topological polar surface area (TPSA) is 90.0 Å². The molecule has 0 radical (unpaired) electrons. The lowest BCUT2D eigenvalue weighted by molar-refractivity contribution is -0.139. The number of methoxy groups -OCH3 is 1. The highest BCUT2D eigenvalue weighted by Gasteiger charge is 2.42. The quantitative estimate of drug-likeness (QED) is 0.366. The fraction of sp³-hybridized carbons (Fsp3) is 0.286. The van der Waals surface area contributed by atoms with Crippen LogP contribution >= 0.6 is 0 Å². The second-order valence-electron chi connectivity index (χ2n) is 8.83. The van der Waals surface area contributed by atoms with E-state index < -0.39 is 17.8 Å². The van der Waals surface area contributed by atoms with Crippen LogP contribution in [-0.4, -0.2) is 37.5 Å². The van der Waals surface area contributed by atoms with Gasteiger partial charge in [-0.1, -0.05) is 50.2 Å². The number of rotatable bonds is 7. The van der Waals surface area contributed by atoms with Crippen LogP contribution in [0.15, 0.2) is 48.5 Å². The van der Waals surface area contributed by atoms with E-state index in [4.69, 9.17) is 9.47 Å². The highest BCUT2D eigenvalue weighted by Crippen LogP contribution is 2.46. The zero-order valence-electron chi connectivity index (χ0n) is 20.2. The van der Waals surface area contributed by atoms with E-state index in [0.717, 1.165) is 10.5 Å². The molecule has 0 saturated heterocycles. The Morgan fingerprint density at radius 2 is 1.49 bits per heavy atom. The largest absolute Gasteiger partial charge is 0.469 e. The number of hydrogen-bond acceptors (Lipinski definition) is 6. The molecule has 4 rings (SSSR count). The molecule has 7 heteroatoms. The molecule has 0 fully saturated rings. The Morgan fingerprint density at radius 1 is 0.886 bits per heavy atom. The van der Waals surface area contributed by atoms with Crippen LogP contribution in [-0.2, 0) is 27.1 Å².